The molecule has 0 aliphatic heterocycles. The van der Waals surface area contributed by atoms with Crippen molar-refractivity contribution in [3.05, 3.63) is 67.3 Å². The summed E-state index contributed by atoms with van der Waals surface area (Å²) in [5.74, 6) is 1.66. The lowest BCUT2D eigenvalue weighted by Crippen LogP contribution is -3.00. The fourth-order valence-corrected chi connectivity index (χ4v) is 2.80. The molecule has 24 heavy (non-hydrogen) atoms. The van der Waals surface area contributed by atoms with E-state index in [0.29, 0.717) is 13.2 Å². The van der Waals surface area contributed by atoms with Crippen molar-refractivity contribution < 1.29 is 21.7 Å². The third-order valence-corrected chi connectivity index (χ3v) is 3.87. The molecule has 0 saturated heterocycles. The van der Waals surface area contributed by atoms with E-state index in [1.807, 2.05) is 48.5 Å². The van der Waals surface area contributed by atoms with E-state index in [0.717, 1.165) is 35.7 Å². The Balaban J connectivity index is 0.00000208. The summed E-state index contributed by atoms with van der Waals surface area (Å²) in [5, 5.41) is 0. The number of halogens is 1. The van der Waals surface area contributed by atoms with Crippen LogP contribution in [0.25, 0.3) is 11.0 Å². The second kappa shape index (κ2) is 8.41. The molecule has 126 valence electrons. The fraction of sp³-hybridized carbons (Fsp3) is 0.211. The summed E-state index contributed by atoms with van der Waals surface area (Å²) in [6.07, 6.45) is 2.76. The predicted molar refractivity (Wildman–Crippen MR) is 93.3 cm³/mol. The summed E-state index contributed by atoms with van der Waals surface area (Å²) < 4.78 is 9.99. The maximum absolute atomic E-state index is 6.33. The fourth-order valence-electron chi connectivity index (χ4n) is 2.80. The SMILES string of the molecule is C=CCn1c(N)[n+](CCCOc2ccccc2)c2ccccc21.[Cl-]. The van der Waals surface area contributed by atoms with E-state index in [1.54, 1.807) is 0 Å². The van der Waals surface area contributed by atoms with Crippen LogP contribution in [-0.4, -0.2) is 11.2 Å². The van der Waals surface area contributed by atoms with Gasteiger partial charge in [0, 0.05) is 6.42 Å². The van der Waals surface area contributed by atoms with Crippen LogP contribution in [0.3, 0.4) is 0 Å². The highest BCUT2D eigenvalue weighted by Crippen LogP contribution is 2.16. The summed E-state index contributed by atoms with van der Waals surface area (Å²) in [6.45, 7) is 6.01. The first-order valence-electron chi connectivity index (χ1n) is 7.86. The molecule has 2 aromatic carbocycles. The second-order valence-electron chi connectivity index (χ2n) is 5.41. The number of aromatic nitrogens is 2. The smallest absolute Gasteiger partial charge is 0.356 e. The molecule has 4 nitrogen and oxygen atoms in total. The highest BCUT2D eigenvalue weighted by Gasteiger charge is 2.19. The van der Waals surface area contributed by atoms with Crippen molar-refractivity contribution >= 4 is 17.0 Å². The number of nitrogens with two attached hydrogens (primary N) is 1. The number of imidazole rings is 1. The van der Waals surface area contributed by atoms with Crippen LogP contribution < -0.4 is 27.4 Å². The van der Waals surface area contributed by atoms with E-state index < -0.39 is 0 Å². The van der Waals surface area contributed by atoms with Gasteiger partial charge < -0.3 is 17.1 Å². The largest absolute Gasteiger partial charge is 1.00 e. The zero-order valence-electron chi connectivity index (χ0n) is 13.6. The second-order valence-corrected chi connectivity index (χ2v) is 5.41. The van der Waals surface area contributed by atoms with Crippen LogP contribution in [0.2, 0.25) is 0 Å². The number of hydrogen-bond donors (Lipinski definition) is 1. The Hall–Kier alpha value is -2.46. The molecule has 0 fully saturated rings. The standard InChI is InChI=1S/C19H21N3O.ClH/c1-2-13-21-17-11-6-7-12-18(17)22(19(21)20)14-8-15-23-16-9-4-3-5-10-16;/h2-7,9-12,20H,1,8,13-15H2;1H. The quantitative estimate of drug-likeness (QED) is 0.377. The van der Waals surface area contributed by atoms with Crippen LogP contribution in [-0.2, 0) is 13.1 Å². The highest BCUT2D eigenvalue weighted by atomic mass is 35.5. The van der Waals surface area contributed by atoms with E-state index in [9.17, 15) is 0 Å². The molecule has 1 heterocycles. The predicted octanol–water partition coefficient (Wildman–Crippen LogP) is 0.170. The van der Waals surface area contributed by atoms with Crippen molar-refractivity contribution in [2.45, 2.75) is 19.5 Å². The molecule has 0 aliphatic carbocycles. The average molecular weight is 344 g/mol. The molecule has 2 N–H and O–H groups in total. The number of allylic oxidation sites excluding steroid dienone is 1. The van der Waals surface area contributed by atoms with Crippen molar-refractivity contribution in [1.29, 1.82) is 0 Å². The van der Waals surface area contributed by atoms with Gasteiger partial charge in [0.15, 0.2) is 0 Å². The molecule has 3 aromatic rings. The minimum Gasteiger partial charge on any atom is -1.00 e. The molecule has 0 bridgehead atoms. The van der Waals surface area contributed by atoms with Crippen LogP contribution in [0.5, 0.6) is 5.75 Å². The molecule has 0 atom stereocenters. The normalized spacial score (nSPS) is 10.3. The van der Waals surface area contributed by atoms with Crippen molar-refractivity contribution in [2.24, 2.45) is 0 Å². The van der Waals surface area contributed by atoms with Gasteiger partial charge in [0.2, 0.25) is 0 Å². The number of rotatable bonds is 7. The molecule has 0 spiro atoms. The molecule has 3 rings (SSSR count). The summed E-state index contributed by atoms with van der Waals surface area (Å²) in [6, 6.07) is 18.1. The van der Waals surface area contributed by atoms with Gasteiger partial charge in [0.25, 0.3) is 0 Å². The zero-order chi connectivity index (χ0) is 16.1. The van der Waals surface area contributed by atoms with Gasteiger partial charge in [-0.1, -0.05) is 43.0 Å². The molecular weight excluding hydrogens is 322 g/mol. The van der Waals surface area contributed by atoms with Crippen LogP contribution in [0.1, 0.15) is 6.42 Å². The number of nitrogens with zero attached hydrogens (tertiary/aromatic N) is 2. The van der Waals surface area contributed by atoms with E-state index in [4.69, 9.17) is 10.5 Å². The first-order valence-corrected chi connectivity index (χ1v) is 7.86. The summed E-state index contributed by atoms with van der Waals surface area (Å²) >= 11 is 0. The molecule has 0 aliphatic rings. The highest BCUT2D eigenvalue weighted by molar-refractivity contribution is 5.73. The van der Waals surface area contributed by atoms with Crippen LogP contribution in [0.15, 0.2) is 67.3 Å². The number of nitrogen functional groups attached to an aromatic ring is 1. The van der Waals surface area contributed by atoms with Gasteiger partial charge in [-0.3, -0.25) is 5.73 Å². The van der Waals surface area contributed by atoms with Crippen LogP contribution >= 0.6 is 0 Å². The maximum Gasteiger partial charge on any atom is 0.356 e. The Bertz CT molecular complexity index is 799. The lowest BCUT2D eigenvalue weighted by Gasteiger charge is -2.05. The first kappa shape index (κ1) is 17.9. The Labute approximate surface area is 148 Å². The molecule has 0 saturated carbocycles. The van der Waals surface area contributed by atoms with Crippen molar-refractivity contribution in [1.82, 2.24) is 4.57 Å². The minimum atomic E-state index is 0. The number of ether oxygens (including phenoxy) is 1. The van der Waals surface area contributed by atoms with Gasteiger partial charge in [-0.25, -0.2) is 9.13 Å². The number of para-hydroxylation sites is 3. The Kier molecular flexibility index (Phi) is 6.27. The van der Waals surface area contributed by atoms with Crippen LogP contribution in [0.4, 0.5) is 5.95 Å². The molecule has 0 amide bonds. The third kappa shape index (κ3) is 3.71. The van der Waals surface area contributed by atoms with E-state index in [1.165, 1.54) is 0 Å². The minimum absolute atomic E-state index is 0. The average Bonchev–Trinajstić information content (AvgIpc) is 2.86. The first-order chi connectivity index (χ1) is 11.3. The number of fused-ring (bicyclic) bond motifs is 1. The van der Waals surface area contributed by atoms with Crippen molar-refractivity contribution in [3.63, 3.8) is 0 Å². The number of hydrogen-bond acceptors (Lipinski definition) is 2. The molecule has 1 aromatic heterocycles. The van der Waals surface area contributed by atoms with Gasteiger partial charge in [-0.15, -0.1) is 0 Å². The molecular formula is C19H22ClN3O. The van der Waals surface area contributed by atoms with Gasteiger partial charge in [0.1, 0.15) is 16.8 Å². The summed E-state index contributed by atoms with van der Waals surface area (Å²) in [4.78, 5) is 0. The Morgan fingerprint density at radius 2 is 1.79 bits per heavy atom. The van der Waals surface area contributed by atoms with Crippen molar-refractivity contribution in [3.8, 4) is 5.75 Å². The van der Waals surface area contributed by atoms with Gasteiger partial charge in [0.05, 0.1) is 19.7 Å². The van der Waals surface area contributed by atoms with Gasteiger partial charge in [-0.05, 0) is 24.3 Å². The summed E-state index contributed by atoms with van der Waals surface area (Å²) in [5.41, 5.74) is 8.61. The third-order valence-electron chi connectivity index (χ3n) is 3.87. The monoisotopic (exact) mass is 343 g/mol. The Morgan fingerprint density at radius 1 is 1.08 bits per heavy atom. The lowest BCUT2D eigenvalue weighted by molar-refractivity contribution is -0.657. The molecule has 0 unspecified atom stereocenters. The van der Waals surface area contributed by atoms with E-state index >= 15 is 0 Å². The summed E-state index contributed by atoms with van der Waals surface area (Å²) in [7, 11) is 0. The number of anilines is 1. The molecule has 0 radical (unpaired) electrons. The zero-order valence-corrected chi connectivity index (χ0v) is 14.3. The van der Waals surface area contributed by atoms with E-state index in [-0.39, 0.29) is 12.4 Å². The van der Waals surface area contributed by atoms with Gasteiger partial charge >= 0.3 is 5.95 Å². The molecule has 5 heteroatoms. The van der Waals surface area contributed by atoms with E-state index in [2.05, 4.69) is 27.8 Å². The Morgan fingerprint density at radius 3 is 2.54 bits per heavy atom. The lowest BCUT2D eigenvalue weighted by atomic mass is 10.3. The number of aryl methyl sites for hydroxylation is 1. The number of benzene rings is 2. The maximum atomic E-state index is 6.33. The topological polar surface area (TPSA) is 44.1 Å². The van der Waals surface area contributed by atoms with Gasteiger partial charge in [-0.2, -0.15) is 0 Å². The van der Waals surface area contributed by atoms with Crippen LogP contribution in [0, 0.1) is 0 Å². The van der Waals surface area contributed by atoms with Crippen molar-refractivity contribution in [2.75, 3.05) is 12.3 Å².